The fraction of sp³-hybridized carbons (Fsp3) is 0.450. The van der Waals surface area contributed by atoms with Gasteiger partial charge in [-0.3, -0.25) is 4.79 Å². The fourth-order valence-electron chi connectivity index (χ4n) is 2.58. The highest BCUT2D eigenvalue weighted by molar-refractivity contribution is 5.91. The molecule has 1 heterocycles. The molecular weight excluding hydrogens is 312 g/mol. The lowest BCUT2D eigenvalue weighted by molar-refractivity contribution is 0.0787. The molecule has 1 aromatic heterocycles. The van der Waals surface area contributed by atoms with Crippen molar-refractivity contribution in [2.24, 2.45) is 0 Å². The van der Waals surface area contributed by atoms with E-state index in [0.717, 1.165) is 25.1 Å². The number of carbonyl (C=O) groups excluding carboxylic acids is 1. The summed E-state index contributed by atoms with van der Waals surface area (Å²) in [6.07, 6.45) is 5.19. The Balaban J connectivity index is 2.13. The average Bonchev–Trinajstić information content (AvgIpc) is 2.59. The zero-order valence-electron chi connectivity index (χ0n) is 15.8. The number of nitrogens with one attached hydrogen (secondary N) is 1. The molecule has 0 bridgehead atoms. The number of carbonyl (C=O) groups is 1. The first-order valence-electron chi connectivity index (χ1n) is 8.77. The van der Waals surface area contributed by atoms with Crippen LogP contribution in [0.4, 0.5) is 11.5 Å². The topological polar surface area (TPSA) is 58.1 Å². The molecule has 0 aliphatic rings. The monoisotopic (exact) mass is 340 g/mol. The smallest absolute Gasteiger partial charge is 0.273 e. The average molecular weight is 340 g/mol. The van der Waals surface area contributed by atoms with Crippen molar-refractivity contribution in [1.82, 2.24) is 14.9 Å². The number of para-hydroxylation sites is 1. The molecule has 0 aliphatic heterocycles. The number of amides is 1. The number of benzene rings is 1. The molecule has 0 radical (unpaired) electrons. The largest absolute Gasteiger partial charge is 0.340 e. The molecule has 134 valence electrons. The van der Waals surface area contributed by atoms with Crippen molar-refractivity contribution < 1.29 is 4.79 Å². The molecule has 0 saturated heterocycles. The summed E-state index contributed by atoms with van der Waals surface area (Å²) in [5.41, 5.74) is 2.60. The number of nitrogens with zero attached hydrogens (tertiary/aromatic N) is 3. The minimum Gasteiger partial charge on any atom is -0.340 e. The van der Waals surface area contributed by atoms with Crippen LogP contribution in [-0.2, 0) is 5.41 Å². The Kier molecular flexibility index (Phi) is 6.12. The second kappa shape index (κ2) is 8.10. The van der Waals surface area contributed by atoms with E-state index in [1.54, 1.807) is 18.1 Å². The highest BCUT2D eigenvalue weighted by Crippen LogP contribution is 2.30. The van der Waals surface area contributed by atoms with E-state index in [1.807, 2.05) is 18.2 Å². The van der Waals surface area contributed by atoms with Crippen LogP contribution in [0.5, 0.6) is 0 Å². The Morgan fingerprint density at radius 3 is 2.48 bits per heavy atom. The van der Waals surface area contributed by atoms with Crippen LogP contribution in [0.15, 0.2) is 36.7 Å². The lowest BCUT2D eigenvalue weighted by Crippen LogP contribution is -2.28. The van der Waals surface area contributed by atoms with Crippen molar-refractivity contribution in [2.75, 3.05) is 18.9 Å². The number of anilines is 2. The van der Waals surface area contributed by atoms with E-state index in [-0.39, 0.29) is 11.3 Å². The molecule has 0 atom stereocenters. The number of hydrogen-bond donors (Lipinski definition) is 1. The van der Waals surface area contributed by atoms with Crippen LogP contribution < -0.4 is 5.32 Å². The number of hydrogen-bond acceptors (Lipinski definition) is 4. The van der Waals surface area contributed by atoms with Crippen LogP contribution in [0, 0.1) is 0 Å². The van der Waals surface area contributed by atoms with Gasteiger partial charge in [0.05, 0.1) is 12.4 Å². The number of rotatable bonds is 6. The maximum Gasteiger partial charge on any atom is 0.273 e. The molecule has 5 heteroatoms. The zero-order chi connectivity index (χ0) is 18.4. The lowest BCUT2D eigenvalue weighted by Gasteiger charge is -2.23. The van der Waals surface area contributed by atoms with Gasteiger partial charge in [-0.1, -0.05) is 52.3 Å². The fourth-order valence-corrected chi connectivity index (χ4v) is 2.58. The van der Waals surface area contributed by atoms with E-state index in [4.69, 9.17) is 0 Å². The summed E-state index contributed by atoms with van der Waals surface area (Å²) in [7, 11) is 1.80. The molecule has 1 aromatic carbocycles. The van der Waals surface area contributed by atoms with E-state index >= 15 is 0 Å². The maximum absolute atomic E-state index is 12.3. The molecular formula is C20H28N4O. The van der Waals surface area contributed by atoms with E-state index in [1.165, 1.54) is 11.8 Å². The molecule has 0 fully saturated rings. The van der Waals surface area contributed by atoms with Crippen molar-refractivity contribution in [1.29, 1.82) is 0 Å². The van der Waals surface area contributed by atoms with E-state index < -0.39 is 0 Å². The van der Waals surface area contributed by atoms with Crippen molar-refractivity contribution >= 4 is 17.4 Å². The predicted octanol–water partition coefficient (Wildman–Crippen LogP) is 4.39. The van der Waals surface area contributed by atoms with Crippen LogP contribution in [0.1, 0.15) is 56.6 Å². The van der Waals surface area contributed by atoms with Crippen LogP contribution in [0.2, 0.25) is 0 Å². The Hall–Kier alpha value is -2.43. The Morgan fingerprint density at radius 1 is 1.16 bits per heavy atom. The van der Waals surface area contributed by atoms with Crippen LogP contribution >= 0.6 is 0 Å². The van der Waals surface area contributed by atoms with E-state index in [9.17, 15) is 4.79 Å². The molecule has 0 spiro atoms. The second-order valence-electron chi connectivity index (χ2n) is 7.29. The van der Waals surface area contributed by atoms with Crippen molar-refractivity contribution in [3.63, 3.8) is 0 Å². The van der Waals surface area contributed by atoms with E-state index in [0.29, 0.717) is 11.5 Å². The molecule has 0 saturated carbocycles. The van der Waals surface area contributed by atoms with Gasteiger partial charge in [0.15, 0.2) is 0 Å². The van der Waals surface area contributed by atoms with Crippen LogP contribution in [0.3, 0.4) is 0 Å². The van der Waals surface area contributed by atoms with Gasteiger partial charge in [-0.2, -0.15) is 0 Å². The SMILES string of the molecule is CCCCN(C)C(=O)c1cnc(Nc2ccccc2C(C)(C)C)cn1. The highest BCUT2D eigenvalue weighted by Gasteiger charge is 2.18. The van der Waals surface area contributed by atoms with Gasteiger partial charge in [0, 0.05) is 19.3 Å². The molecule has 2 aromatic rings. The van der Waals surface area contributed by atoms with Crippen LogP contribution in [0.25, 0.3) is 0 Å². The molecule has 2 rings (SSSR count). The summed E-state index contributed by atoms with van der Waals surface area (Å²) in [4.78, 5) is 22.6. The molecule has 5 nitrogen and oxygen atoms in total. The van der Waals surface area contributed by atoms with Gasteiger partial charge < -0.3 is 10.2 Å². The van der Waals surface area contributed by atoms with Gasteiger partial charge in [-0.25, -0.2) is 9.97 Å². The summed E-state index contributed by atoms with van der Waals surface area (Å²) in [5, 5.41) is 3.31. The Morgan fingerprint density at radius 2 is 1.88 bits per heavy atom. The van der Waals surface area contributed by atoms with Gasteiger partial charge in [0.1, 0.15) is 11.5 Å². The second-order valence-corrected chi connectivity index (χ2v) is 7.29. The first-order valence-corrected chi connectivity index (χ1v) is 8.77. The van der Waals surface area contributed by atoms with Gasteiger partial charge >= 0.3 is 0 Å². The van der Waals surface area contributed by atoms with Gasteiger partial charge in [-0.15, -0.1) is 0 Å². The maximum atomic E-state index is 12.3. The summed E-state index contributed by atoms with van der Waals surface area (Å²) in [6, 6.07) is 8.16. The Labute approximate surface area is 150 Å². The van der Waals surface area contributed by atoms with Crippen LogP contribution in [-0.4, -0.2) is 34.4 Å². The third kappa shape index (κ3) is 5.02. The molecule has 1 N–H and O–H groups in total. The third-order valence-electron chi connectivity index (χ3n) is 4.06. The normalized spacial score (nSPS) is 11.2. The summed E-state index contributed by atoms with van der Waals surface area (Å²) in [5.74, 6) is 0.534. The lowest BCUT2D eigenvalue weighted by atomic mass is 9.86. The molecule has 0 aliphatic carbocycles. The minimum atomic E-state index is -0.0948. The van der Waals surface area contributed by atoms with Crippen molar-refractivity contribution in [2.45, 2.75) is 46.0 Å². The summed E-state index contributed by atoms with van der Waals surface area (Å²) in [6.45, 7) is 9.36. The molecule has 25 heavy (non-hydrogen) atoms. The van der Waals surface area contributed by atoms with Gasteiger partial charge in [0.25, 0.3) is 5.91 Å². The quantitative estimate of drug-likeness (QED) is 0.847. The minimum absolute atomic E-state index is 0.0227. The summed E-state index contributed by atoms with van der Waals surface area (Å²) < 4.78 is 0. The molecule has 0 unspecified atom stereocenters. The zero-order valence-corrected chi connectivity index (χ0v) is 15.8. The predicted molar refractivity (Wildman–Crippen MR) is 102 cm³/mol. The van der Waals surface area contributed by atoms with Gasteiger partial charge in [-0.05, 0) is 23.5 Å². The third-order valence-corrected chi connectivity index (χ3v) is 4.06. The first kappa shape index (κ1) is 18.9. The van der Waals surface area contributed by atoms with Crippen molar-refractivity contribution in [3.8, 4) is 0 Å². The Bertz CT molecular complexity index is 704. The molecule has 1 amide bonds. The van der Waals surface area contributed by atoms with E-state index in [2.05, 4.69) is 49.0 Å². The first-order chi connectivity index (χ1) is 11.8. The van der Waals surface area contributed by atoms with Gasteiger partial charge in [0.2, 0.25) is 0 Å². The van der Waals surface area contributed by atoms with Crippen molar-refractivity contribution in [3.05, 3.63) is 47.9 Å². The highest BCUT2D eigenvalue weighted by atomic mass is 16.2. The summed E-state index contributed by atoms with van der Waals surface area (Å²) >= 11 is 0. The standard InChI is InChI=1S/C20H28N4O/c1-6-7-12-24(5)19(25)17-13-22-18(14-21-17)23-16-11-9-8-10-15(16)20(2,3)4/h8-11,13-14H,6-7,12H2,1-5H3,(H,22,23). The number of unbranched alkanes of at least 4 members (excludes halogenated alkanes) is 1. The number of aromatic nitrogens is 2.